The number of nitrogens with one attached hydrogen (secondary N) is 1. The molecule has 1 aliphatic carbocycles. The maximum Gasteiger partial charge on any atom is 0.318 e. The molecule has 0 radical (unpaired) electrons. The number of amides is 3. The Morgan fingerprint density at radius 1 is 1.35 bits per heavy atom. The Morgan fingerprint density at radius 2 is 2.00 bits per heavy atom. The number of carbonyl (C=O) groups is 2. The zero-order chi connectivity index (χ0) is 12.8. The van der Waals surface area contributed by atoms with Crippen molar-refractivity contribution in [1.29, 1.82) is 0 Å². The summed E-state index contributed by atoms with van der Waals surface area (Å²) < 4.78 is 0. The Morgan fingerprint density at radius 3 is 2.59 bits per heavy atom. The molecule has 0 aromatic heterocycles. The molecule has 5 nitrogen and oxygen atoms in total. The summed E-state index contributed by atoms with van der Waals surface area (Å²) in [6, 6.07) is -0.214. The third-order valence-electron chi connectivity index (χ3n) is 3.59. The largest absolute Gasteiger partial charge is 0.351 e. The van der Waals surface area contributed by atoms with Crippen molar-refractivity contribution in [2.24, 2.45) is 11.7 Å². The van der Waals surface area contributed by atoms with Crippen molar-refractivity contribution in [2.45, 2.75) is 45.1 Å². The van der Waals surface area contributed by atoms with Gasteiger partial charge in [0.15, 0.2) is 0 Å². The van der Waals surface area contributed by atoms with Crippen LogP contribution in [0.3, 0.4) is 0 Å². The van der Waals surface area contributed by atoms with Crippen LogP contribution in [0.1, 0.15) is 39.0 Å². The van der Waals surface area contributed by atoms with E-state index in [-0.39, 0.29) is 5.91 Å². The summed E-state index contributed by atoms with van der Waals surface area (Å²) in [6.07, 6.45) is 5.38. The first kappa shape index (κ1) is 14.0. The topological polar surface area (TPSA) is 75.4 Å². The number of carbonyl (C=O) groups excluding carboxylic acids is 2. The lowest BCUT2D eigenvalue weighted by Gasteiger charge is -2.36. The van der Waals surface area contributed by atoms with Crippen LogP contribution in [0.15, 0.2) is 0 Å². The fraction of sp³-hybridized carbons (Fsp3) is 0.833. The normalized spacial score (nSPS) is 24.6. The fourth-order valence-corrected chi connectivity index (χ4v) is 2.60. The fourth-order valence-electron chi connectivity index (χ4n) is 2.60. The Hall–Kier alpha value is -1.10. The lowest BCUT2D eigenvalue weighted by molar-refractivity contribution is -0.120. The zero-order valence-electron chi connectivity index (χ0n) is 10.7. The predicted molar refractivity (Wildman–Crippen MR) is 66.4 cm³/mol. The van der Waals surface area contributed by atoms with Crippen LogP contribution in [0, 0.1) is 5.92 Å². The number of imide groups is 1. The molecule has 0 spiro atoms. The number of nitrogens with zero attached hydrogens (tertiary/aromatic N) is 1. The highest BCUT2D eigenvalue weighted by Crippen LogP contribution is 2.27. The molecule has 3 N–H and O–H groups in total. The number of hydrogen-bond acceptors (Lipinski definition) is 3. The number of urea groups is 1. The standard InChI is InChI=1S/C12H23N3O2/c1-9-5-3-4-6-10(9)15(2)8-7-11(16)14-12(13)17/h9-10H,3-8H2,1-2H3,(H3,13,14,16,17)/t9-,10-/m1/s1. The van der Waals surface area contributed by atoms with E-state index in [4.69, 9.17) is 5.73 Å². The smallest absolute Gasteiger partial charge is 0.318 e. The maximum atomic E-state index is 11.3. The monoisotopic (exact) mass is 241 g/mol. The summed E-state index contributed by atoms with van der Waals surface area (Å²) in [7, 11) is 2.05. The minimum Gasteiger partial charge on any atom is -0.351 e. The third kappa shape index (κ3) is 4.73. The van der Waals surface area contributed by atoms with Gasteiger partial charge in [0, 0.05) is 19.0 Å². The summed E-state index contributed by atoms with van der Waals surface area (Å²) in [6.45, 7) is 2.94. The van der Waals surface area contributed by atoms with Gasteiger partial charge in [0.25, 0.3) is 0 Å². The molecule has 3 amide bonds. The Kier molecular flexibility index (Phi) is 5.41. The molecule has 17 heavy (non-hydrogen) atoms. The van der Waals surface area contributed by atoms with Crippen LogP contribution in [0.4, 0.5) is 4.79 Å². The molecule has 98 valence electrons. The highest BCUT2D eigenvalue weighted by atomic mass is 16.2. The van der Waals surface area contributed by atoms with E-state index in [0.29, 0.717) is 24.9 Å². The SMILES string of the molecule is C[C@@H]1CCCC[C@H]1N(C)CCC(=O)NC(N)=O. The van der Waals surface area contributed by atoms with E-state index in [1.807, 2.05) is 7.05 Å². The zero-order valence-corrected chi connectivity index (χ0v) is 10.7. The van der Waals surface area contributed by atoms with Crippen molar-refractivity contribution in [3.8, 4) is 0 Å². The lowest BCUT2D eigenvalue weighted by Crippen LogP contribution is -2.42. The molecule has 1 aliphatic rings. The maximum absolute atomic E-state index is 11.3. The molecule has 5 heteroatoms. The van der Waals surface area contributed by atoms with E-state index < -0.39 is 6.03 Å². The van der Waals surface area contributed by atoms with Crippen LogP contribution in [-0.4, -0.2) is 36.5 Å². The first-order valence-corrected chi connectivity index (χ1v) is 6.30. The second-order valence-corrected chi connectivity index (χ2v) is 4.97. The molecule has 0 bridgehead atoms. The van der Waals surface area contributed by atoms with Gasteiger partial charge in [-0.1, -0.05) is 19.8 Å². The molecule has 0 aromatic rings. The Bertz CT molecular complexity index is 281. The van der Waals surface area contributed by atoms with Gasteiger partial charge in [0.1, 0.15) is 0 Å². The average molecular weight is 241 g/mol. The Labute approximate surface area is 103 Å². The van der Waals surface area contributed by atoms with Crippen molar-refractivity contribution < 1.29 is 9.59 Å². The molecule has 0 heterocycles. The third-order valence-corrected chi connectivity index (χ3v) is 3.59. The average Bonchev–Trinajstić information content (AvgIpc) is 2.25. The lowest BCUT2D eigenvalue weighted by atomic mass is 9.85. The van der Waals surface area contributed by atoms with E-state index in [2.05, 4.69) is 17.1 Å². The molecule has 2 atom stereocenters. The van der Waals surface area contributed by atoms with Crippen molar-refractivity contribution >= 4 is 11.9 Å². The van der Waals surface area contributed by atoms with Gasteiger partial charge in [-0.3, -0.25) is 10.1 Å². The summed E-state index contributed by atoms with van der Waals surface area (Å²) in [5.41, 5.74) is 4.88. The van der Waals surface area contributed by atoms with Gasteiger partial charge in [-0.15, -0.1) is 0 Å². The minimum atomic E-state index is -0.774. The van der Waals surface area contributed by atoms with E-state index in [9.17, 15) is 9.59 Å². The van der Waals surface area contributed by atoms with E-state index in [1.165, 1.54) is 25.7 Å². The van der Waals surface area contributed by atoms with Gasteiger partial charge < -0.3 is 10.6 Å². The van der Waals surface area contributed by atoms with E-state index in [0.717, 1.165) is 0 Å². The van der Waals surface area contributed by atoms with Crippen LogP contribution in [-0.2, 0) is 4.79 Å². The van der Waals surface area contributed by atoms with Crippen LogP contribution in [0.25, 0.3) is 0 Å². The number of primary amides is 1. The van der Waals surface area contributed by atoms with Crippen LogP contribution >= 0.6 is 0 Å². The number of nitrogens with two attached hydrogens (primary N) is 1. The second-order valence-electron chi connectivity index (χ2n) is 4.97. The molecule has 0 unspecified atom stereocenters. The van der Waals surface area contributed by atoms with E-state index in [1.54, 1.807) is 0 Å². The highest BCUT2D eigenvalue weighted by molar-refractivity contribution is 5.93. The van der Waals surface area contributed by atoms with Gasteiger partial charge in [-0.05, 0) is 25.8 Å². The molecule has 0 saturated heterocycles. The van der Waals surface area contributed by atoms with Crippen LogP contribution in [0.2, 0.25) is 0 Å². The first-order valence-electron chi connectivity index (χ1n) is 6.30. The van der Waals surface area contributed by atoms with Gasteiger partial charge in [-0.2, -0.15) is 0 Å². The first-order chi connectivity index (χ1) is 8.00. The van der Waals surface area contributed by atoms with E-state index >= 15 is 0 Å². The van der Waals surface area contributed by atoms with Gasteiger partial charge in [-0.25, -0.2) is 4.79 Å². The second kappa shape index (κ2) is 6.59. The van der Waals surface area contributed by atoms with Crippen molar-refractivity contribution in [3.05, 3.63) is 0 Å². The molecule has 1 saturated carbocycles. The van der Waals surface area contributed by atoms with Crippen LogP contribution in [0.5, 0.6) is 0 Å². The molecule has 0 aliphatic heterocycles. The van der Waals surface area contributed by atoms with Crippen LogP contribution < -0.4 is 11.1 Å². The molecule has 0 aromatic carbocycles. The molecule has 1 fully saturated rings. The number of rotatable bonds is 4. The molecular formula is C12H23N3O2. The Balaban J connectivity index is 2.30. The minimum absolute atomic E-state index is 0.298. The van der Waals surface area contributed by atoms with Crippen molar-refractivity contribution in [2.75, 3.05) is 13.6 Å². The highest BCUT2D eigenvalue weighted by Gasteiger charge is 2.24. The summed E-state index contributed by atoms with van der Waals surface area (Å²) >= 11 is 0. The van der Waals surface area contributed by atoms with Crippen molar-refractivity contribution in [1.82, 2.24) is 10.2 Å². The summed E-state index contributed by atoms with van der Waals surface area (Å²) in [5.74, 6) is 0.390. The van der Waals surface area contributed by atoms with Gasteiger partial charge in [0.2, 0.25) is 5.91 Å². The predicted octanol–water partition coefficient (Wildman–Crippen LogP) is 1.08. The molecular weight excluding hydrogens is 218 g/mol. The molecule has 1 rings (SSSR count). The number of hydrogen-bond donors (Lipinski definition) is 2. The summed E-state index contributed by atoms with van der Waals surface area (Å²) in [5, 5.41) is 2.09. The van der Waals surface area contributed by atoms with Gasteiger partial charge >= 0.3 is 6.03 Å². The van der Waals surface area contributed by atoms with Gasteiger partial charge in [0.05, 0.1) is 0 Å². The quantitative estimate of drug-likeness (QED) is 0.773. The summed E-state index contributed by atoms with van der Waals surface area (Å²) in [4.78, 5) is 24.0. The van der Waals surface area contributed by atoms with Crippen molar-refractivity contribution in [3.63, 3.8) is 0 Å².